The molecule has 4 rings (SSSR count). The van der Waals surface area contributed by atoms with E-state index in [9.17, 15) is 0 Å². The van der Waals surface area contributed by atoms with Crippen molar-refractivity contribution in [1.82, 2.24) is 24.9 Å². The molecule has 0 saturated heterocycles. The zero-order valence-electron chi connectivity index (χ0n) is 13.2. The van der Waals surface area contributed by atoms with Gasteiger partial charge in [0.15, 0.2) is 11.0 Å². The summed E-state index contributed by atoms with van der Waals surface area (Å²) in [4.78, 5) is 4.49. The van der Waals surface area contributed by atoms with Crippen LogP contribution in [0, 0.1) is 0 Å². The second-order valence-corrected chi connectivity index (χ2v) is 7.93. The van der Waals surface area contributed by atoms with Crippen LogP contribution in [-0.2, 0) is 0 Å². The van der Waals surface area contributed by atoms with Crippen molar-refractivity contribution in [1.29, 1.82) is 0 Å². The van der Waals surface area contributed by atoms with Crippen LogP contribution >= 0.6 is 11.8 Å². The third kappa shape index (κ3) is 2.66. The Morgan fingerprint density at radius 2 is 1.91 bits per heavy atom. The first kappa shape index (κ1) is 14.2. The maximum atomic E-state index is 5.40. The van der Waals surface area contributed by atoms with E-state index in [4.69, 9.17) is 4.52 Å². The van der Waals surface area contributed by atoms with Crippen molar-refractivity contribution < 1.29 is 4.52 Å². The second-order valence-electron chi connectivity index (χ2n) is 6.62. The molecular weight excluding hydrogens is 298 g/mol. The number of aromatic nitrogens is 5. The van der Waals surface area contributed by atoms with Crippen molar-refractivity contribution in [2.75, 3.05) is 0 Å². The fourth-order valence-electron chi connectivity index (χ4n) is 2.52. The van der Waals surface area contributed by atoms with Crippen molar-refractivity contribution in [3.63, 3.8) is 0 Å². The van der Waals surface area contributed by atoms with Gasteiger partial charge in [0, 0.05) is 17.9 Å². The molecule has 0 radical (unpaired) electrons. The molecule has 1 atom stereocenters. The standard InChI is InChI=1S/C15H21N5OS/c1-8(2)12-16-14(21-19-12)9(3)22-15-18-17-13(10-4-5-10)20(15)11-6-7-11/h8-11H,4-7H2,1-3H3. The highest BCUT2D eigenvalue weighted by atomic mass is 32.2. The van der Waals surface area contributed by atoms with Crippen LogP contribution in [0.4, 0.5) is 0 Å². The molecule has 0 N–H and O–H groups in total. The Balaban J connectivity index is 1.54. The van der Waals surface area contributed by atoms with E-state index in [1.54, 1.807) is 11.8 Å². The molecule has 118 valence electrons. The fraction of sp³-hybridized carbons (Fsp3) is 0.733. The lowest BCUT2D eigenvalue weighted by Crippen LogP contribution is -2.03. The van der Waals surface area contributed by atoms with E-state index < -0.39 is 0 Å². The van der Waals surface area contributed by atoms with Gasteiger partial charge in [0.1, 0.15) is 5.82 Å². The Morgan fingerprint density at radius 3 is 2.50 bits per heavy atom. The van der Waals surface area contributed by atoms with Gasteiger partial charge in [0.2, 0.25) is 5.89 Å². The summed E-state index contributed by atoms with van der Waals surface area (Å²) in [6, 6.07) is 0.606. The van der Waals surface area contributed by atoms with E-state index in [-0.39, 0.29) is 11.2 Å². The fourth-order valence-corrected chi connectivity index (χ4v) is 3.48. The third-order valence-corrected chi connectivity index (χ3v) is 5.19. The maximum absolute atomic E-state index is 5.40. The van der Waals surface area contributed by atoms with Crippen LogP contribution in [0.5, 0.6) is 0 Å². The molecule has 0 amide bonds. The number of hydrogen-bond acceptors (Lipinski definition) is 6. The molecule has 0 bridgehead atoms. The normalized spacial score (nSPS) is 19.8. The summed E-state index contributed by atoms with van der Waals surface area (Å²) in [6.07, 6.45) is 5.01. The first-order chi connectivity index (χ1) is 10.6. The number of nitrogens with zero attached hydrogens (tertiary/aromatic N) is 5. The summed E-state index contributed by atoms with van der Waals surface area (Å²) in [5, 5.41) is 14.0. The third-order valence-electron chi connectivity index (χ3n) is 4.15. The highest BCUT2D eigenvalue weighted by Gasteiger charge is 2.37. The quantitative estimate of drug-likeness (QED) is 0.753. The summed E-state index contributed by atoms with van der Waals surface area (Å²) in [7, 11) is 0. The zero-order valence-corrected chi connectivity index (χ0v) is 14.0. The Bertz CT molecular complexity index is 671. The van der Waals surface area contributed by atoms with E-state index in [0.717, 1.165) is 11.0 Å². The molecular formula is C15H21N5OS. The Morgan fingerprint density at radius 1 is 1.14 bits per heavy atom. The molecule has 2 aromatic heterocycles. The van der Waals surface area contributed by atoms with Gasteiger partial charge in [0.05, 0.1) is 5.25 Å². The molecule has 2 aromatic rings. The van der Waals surface area contributed by atoms with Gasteiger partial charge < -0.3 is 9.09 Å². The van der Waals surface area contributed by atoms with Crippen LogP contribution in [0.15, 0.2) is 9.68 Å². The summed E-state index contributed by atoms with van der Waals surface area (Å²) in [5.41, 5.74) is 0. The van der Waals surface area contributed by atoms with Crippen molar-refractivity contribution in [3.8, 4) is 0 Å². The molecule has 0 aliphatic heterocycles. The Kier molecular flexibility index (Phi) is 3.47. The first-order valence-electron chi connectivity index (χ1n) is 8.08. The largest absolute Gasteiger partial charge is 0.338 e. The van der Waals surface area contributed by atoms with Crippen LogP contribution in [0.2, 0.25) is 0 Å². The van der Waals surface area contributed by atoms with Crippen LogP contribution in [0.25, 0.3) is 0 Å². The van der Waals surface area contributed by atoms with E-state index in [0.29, 0.717) is 17.9 Å². The van der Waals surface area contributed by atoms with Gasteiger partial charge >= 0.3 is 0 Å². The smallest absolute Gasteiger partial charge is 0.239 e. The van der Waals surface area contributed by atoms with Crippen molar-refractivity contribution in [2.24, 2.45) is 0 Å². The van der Waals surface area contributed by atoms with E-state index >= 15 is 0 Å². The number of thioether (sulfide) groups is 1. The Labute approximate surface area is 134 Å². The Hall–Kier alpha value is -1.37. The summed E-state index contributed by atoms with van der Waals surface area (Å²) >= 11 is 1.68. The topological polar surface area (TPSA) is 69.6 Å². The van der Waals surface area contributed by atoms with Crippen LogP contribution in [-0.4, -0.2) is 24.9 Å². The molecule has 7 heteroatoms. The zero-order chi connectivity index (χ0) is 15.3. The van der Waals surface area contributed by atoms with Crippen molar-refractivity contribution in [2.45, 2.75) is 74.7 Å². The van der Waals surface area contributed by atoms with Gasteiger partial charge in [-0.15, -0.1) is 10.2 Å². The van der Waals surface area contributed by atoms with E-state index in [2.05, 4.69) is 45.7 Å². The van der Waals surface area contributed by atoms with E-state index in [1.807, 2.05) is 0 Å². The molecule has 0 aromatic carbocycles. The van der Waals surface area contributed by atoms with Gasteiger partial charge in [0.25, 0.3) is 0 Å². The van der Waals surface area contributed by atoms with Gasteiger partial charge in [-0.3, -0.25) is 0 Å². The monoisotopic (exact) mass is 319 g/mol. The van der Waals surface area contributed by atoms with Crippen LogP contribution in [0.3, 0.4) is 0 Å². The van der Waals surface area contributed by atoms with Crippen LogP contribution < -0.4 is 0 Å². The van der Waals surface area contributed by atoms with Crippen molar-refractivity contribution in [3.05, 3.63) is 17.5 Å². The van der Waals surface area contributed by atoms with Crippen molar-refractivity contribution >= 4 is 11.8 Å². The van der Waals surface area contributed by atoms with E-state index in [1.165, 1.54) is 31.5 Å². The van der Waals surface area contributed by atoms with Crippen LogP contribution in [0.1, 0.15) is 87.1 Å². The second kappa shape index (κ2) is 5.37. The first-order valence-corrected chi connectivity index (χ1v) is 8.96. The average Bonchev–Trinajstić information content (AvgIpc) is 3.41. The predicted molar refractivity (Wildman–Crippen MR) is 82.9 cm³/mol. The molecule has 2 aliphatic rings. The van der Waals surface area contributed by atoms with Gasteiger partial charge in [-0.2, -0.15) is 4.98 Å². The average molecular weight is 319 g/mol. The lowest BCUT2D eigenvalue weighted by Gasteiger charge is -2.10. The van der Waals surface area contributed by atoms with Gasteiger partial charge in [-0.25, -0.2) is 0 Å². The molecule has 2 aliphatic carbocycles. The number of rotatable bonds is 6. The summed E-state index contributed by atoms with van der Waals surface area (Å²) in [5.74, 6) is 3.54. The summed E-state index contributed by atoms with van der Waals surface area (Å²) < 4.78 is 7.76. The van der Waals surface area contributed by atoms with Gasteiger partial charge in [-0.1, -0.05) is 30.8 Å². The molecule has 1 unspecified atom stereocenters. The molecule has 6 nitrogen and oxygen atoms in total. The number of hydrogen-bond donors (Lipinski definition) is 0. The highest BCUT2D eigenvalue weighted by Crippen LogP contribution is 2.47. The lowest BCUT2D eigenvalue weighted by molar-refractivity contribution is 0.372. The molecule has 2 heterocycles. The minimum atomic E-state index is 0.0914. The predicted octanol–water partition coefficient (Wildman–Crippen LogP) is 3.85. The SMILES string of the molecule is CC(C)c1noc(C(C)Sc2nnc(C3CC3)n2C2CC2)n1. The molecule has 22 heavy (non-hydrogen) atoms. The molecule has 2 saturated carbocycles. The lowest BCUT2D eigenvalue weighted by atomic mass is 10.2. The minimum Gasteiger partial charge on any atom is -0.338 e. The van der Waals surface area contributed by atoms with Gasteiger partial charge in [-0.05, 0) is 32.6 Å². The maximum Gasteiger partial charge on any atom is 0.239 e. The molecule has 0 spiro atoms. The minimum absolute atomic E-state index is 0.0914. The molecule has 2 fully saturated rings. The summed E-state index contributed by atoms with van der Waals surface area (Å²) in [6.45, 7) is 6.22. The highest BCUT2D eigenvalue weighted by molar-refractivity contribution is 7.99.